The molecule has 0 aromatic carbocycles. The fourth-order valence-corrected chi connectivity index (χ4v) is 0.800. The minimum absolute atomic E-state index is 0.182. The van der Waals surface area contributed by atoms with Crippen molar-refractivity contribution in [3.63, 3.8) is 0 Å². The third kappa shape index (κ3) is 1.43. The summed E-state index contributed by atoms with van der Waals surface area (Å²) >= 11 is 0. The summed E-state index contributed by atoms with van der Waals surface area (Å²) in [5, 5.41) is 2.25. The fourth-order valence-electron chi connectivity index (χ4n) is 0.800. The molecule has 3 nitrogen and oxygen atoms in total. The number of imide groups is 1. The number of carbonyl (C=O) groups excluding carboxylic acids is 2. The monoisotopic (exact) mass is 139 g/mol. The maximum Gasteiger partial charge on any atom is 0.253 e. The van der Waals surface area contributed by atoms with E-state index in [4.69, 9.17) is 0 Å². The molecule has 3 heteroatoms. The van der Waals surface area contributed by atoms with Crippen molar-refractivity contribution < 1.29 is 9.59 Å². The summed E-state index contributed by atoms with van der Waals surface area (Å²) in [7, 11) is 0. The third-order valence-electron chi connectivity index (χ3n) is 1.43. The molecule has 0 spiro atoms. The van der Waals surface area contributed by atoms with Crippen LogP contribution in [-0.2, 0) is 9.59 Å². The van der Waals surface area contributed by atoms with Crippen molar-refractivity contribution in [2.75, 3.05) is 0 Å². The van der Waals surface area contributed by atoms with Crippen LogP contribution in [0.3, 0.4) is 0 Å². The Bertz CT molecular complexity index is 206. The van der Waals surface area contributed by atoms with Gasteiger partial charge >= 0.3 is 0 Å². The molecular formula is C7H9NO2. The molecule has 0 bridgehead atoms. The third-order valence-corrected chi connectivity index (χ3v) is 1.43. The van der Waals surface area contributed by atoms with Gasteiger partial charge in [0.1, 0.15) is 0 Å². The maximum absolute atomic E-state index is 10.8. The fraction of sp³-hybridized carbons (Fsp3) is 0.429. The Balaban J connectivity index is 2.73. The lowest BCUT2D eigenvalue weighted by Crippen LogP contribution is -2.28. The molecule has 54 valence electrons. The average Bonchev–Trinajstić information content (AvgIpc) is 1.96. The largest absolute Gasteiger partial charge is 0.293 e. The van der Waals surface area contributed by atoms with Gasteiger partial charge < -0.3 is 0 Å². The first-order chi connectivity index (χ1) is 4.70. The molecule has 1 N–H and O–H groups in total. The van der Waals surface area contributed by atoms with Crippen LogP contribution in [0.4, 0.5) is 0 Å². The predicted octanol–water partition coefficient (Wildman–Crippen LogP) is 0.369. The van der Waals surface area contributed by atoms with Crippen LogP contribution < -0.4 is 5.32 Å². The number of hydrogen-bond donors (Lipinski definition) is 1. The topological polar surface area (TPSA) is 46.2 Å². The average molecular weight is 139 g/mol. The number of nitrogens with one attached hydrogen (secondary N) is 1. The van der Waals surface area contributed by atoms with E-state index in [-0.39, 0.29) is 11.8 Å². The van der Waals surface area contributed by atoms with Crippen LogP contribution in [-0.4, -0.2) is 11.8 Å². The van der Waals surface area contributed by atoms with Crippen molar-refractivity contribution in [2.24, 2.45) is 0 Å². The summed E-state index contributed by atoms with van der Waals surface area (Å²) in [6.07, 6.45) is 2.87. The quantitative estimate of drug-likeness (QED) is 0.493. The van der Waals surface area contributed by atoms with Gasteiger partial charge in [-0.25, -0.2) is 0 Å². The molecule has 2 amide bonds. The highest BCUT2D eigenvalue weighted by molar-refractivity contribution is 6.04. The van der Waals surface area contributed by atoms with Crippen molar-refractivity contribution in [2.45, 2.75) is 19.8 Å². The van der Waals surface area contributed by atoms with E-state index < -0.39 is 0 Å². The smallest absolute Gasteiger partial charge is 0.253 e. The lowest BCUT2D eigenvalue weighted by atomic mass is 10.2. The molecular weight excluding hydrogens is 130 g/mol. The number of amides is 2. The highest BCUT2D eigenvalue weighted by Gasteiger charge is 2.11. The van der Waals surface area contributed by atoms with Crippen molar-refractivity contribution in [1.29, 1.82) is 0 Å². The van der Waals surface area contributed by atoms with E-state index in [1.54, 1.807) is 13.0 Å². The molecule has 0 fully saturated rings. The summed E-state index contributed by atoms with van der Waals surface area (Å²) < 4.78 is 0. The Hall–Kier alpha value is -1.12. The summed E-state index contributed by atoms with van der Waals surface area (Å²) in [5.41, 5.74) is 0.630. The minimum Gasteiger partial charge on any atom is -0.293 e. The first kappa shape index (κ1) is 6.99. The molecule has 0 atom stereocenters. The Morgan fingerprint density at radius 2 is 2.20 bits per heavy atom. The van der Waals surface area contributed by atoms with E-state index in [0.717, 1.165) is 0 Å². The van der Waals surface area contributed by atoms with Gasteiger partial charge in [0.15, 0.2) is 0 Å². The van der Waals surface area contributed by atoms with Gasteiger partial charge in [-0.3, -0.25) is 14.9 Å². The molecule has 0 unspecified atom stereocenters. The summed E-state index contributed by atoms with van der Waals surface area (Å²) in [6.45, 7) is 1.70. The number of rotatable bonds is 0. The summed E-state index contributed by atoms with van der Waals surface area (Å²) in [6, 6.07) is 0. The Morgan fingerprint density at radius 1 is 1.50 bits per heavy atom. The Kier molecular flexibility index (Phi) is 1.85. The van der Waals surface area contributed by atoms with Crippen LogP contribution in [0.15, 0.2) is 11.6 Å². The SMILES string of the molecule is CC1=CCCC(=O)NC1=O. The van der Waals surface area contributed by atoms with E-state index >= 15 is 0 Å². The molecule has 10 heavy (non-hydrogen) atoms. The first-order valence-corrected chi connectivity index (χ1v) is 3.21. The Labute approximate surface area is 59.1 Å². The highest BCUT2D eigenvalue weighted by atomic mass is 16.2. The van der Waals surface area contributed by atoms with E-state index in [9.17, 15) is 9.59 Å². The molecule has 0 aromatic rings. The lowest BCUT2D eigenvalue weighted by Gasteiger charge is -1.96. The number of allylic oxidation sites excluding steroid dienone is 1. The van der Waals surface area contributed by atoms with E-state index in [0.29, 0.717) is 18.4 Å². The van der Waals surface area contributed by atoms with Gasteiger partial charge in [0.05, 0.1) is 0 Å². The van der Waals surface area contributed by atoms with E-state index in [1.165, 1.54) is 0 Å². The second-order valence-electron chi connectivity index (χ2n) is 2.30. The molecule has 1 heterocycles. The first-order valence-electron chi connectivity index (χ1n) is 3.21. The maximum atomic E-state index is 10.8. The van der Waals surface area contributed by atoms with Gasteiger partial charge in [0, 0.05) is 12.0 Å². The number of carbonyl (C=O) groups is 2. The van der Waals surface area contributed by atoms with Crippen LogP contribution in [0.2, 0.25) is 0 Å². The zero-order valence-electron chi connectivity index (χ0n) is 5.81. The van der Waals surface area contributed by atoms with E-state index in [2.05, 4.69) is 5.32 Å². The summed E-state index contributed by atoms with van der Waals surface area (Å²) in [4.78, 5) is 21.5. The normalized spacial score (nSPS) is 19.5. The van der Waals surface area contributed by atoms with Crippen molar-refractivity contribution in [3.8, 4) is 0 Å². The van der Waals surface area contributed by atoms with E-state index in [1.807, 2.05) is 0 Å². The van der Waals surface area contributed by atoms with Gasteiger partial charge in [-0.1, -0.05) is 6.08 Å². The zero-order chi connectivity index (χ0) is 7.56. The number of hydrogen-bond acceptors (Lipinski definition) is 2. The van der Waals surface area contributed by atoms with Gasteiger partial charge in [-0.05, 0) is 13.3 Å². The molecule has 0 saturated carbocycles. The Morgan fingerprint density at radius 3 is 2.90 bits per heavy atom. The standard InChI is InChI=1S/C7H9NO2/c1-5-3-2-4-6(9)8-7(5)10/h3H,2,4H2,1H3,(H,8,9,10). The van der Waals surface area contributed by atoms with Gasteiger partial charge in [-0.2, -0.15) is 0 Å². The molecule has 1 aliphatic heterocycles. The van der Waals surface area contributed by atoms with Crippen molar-refractivity contribution in [3.05, 3.63) is 11.6 Å². The van der Waals surface area contributed by atoms with Crippen LogP contribution in [0.1, 0.15) is 19.8 Å². The second kappa shape index (κ2) is 2.64. The van der Waals surface area contributed by atoms with Gasteiger partial charge in [0.2, 0.25) is 5.91 Å². The molecule has 0 aromatic heterocycles. The highest BCUT2D eigenvalue weighted by Crippen LogP contribution is 2.02. The molecule has 1 rings (SSSR count). The molecule has 0 radical (unpaired) electrons. The second-order valence-corrected chi connectivity index (χ2v) is 2.30. The molecule has 1 aliphatic rings. The molecule has 0 aliphatic carbocycles. The molecule has 0 saturated heterocycles. The van der Waals surface area contributed by atoms with Gasteiger partial charge in [0.25, 0.3) is 5.91 Å². The van der Waals surface area contributed by atoms with Crippen LogP contribution in [0, 0.1) is 0 Å². The lowest BCUT2D eigenvalue weighted by molar-refractivity contribution is -0.128. The van der Waals surface area contributed by atoms with Crippen LogP contribution in [0.5, 0.6) is 0 Å². The van der Waals surface area contributed by atoms with Crippen LogP contribution in [0.25, 0.3) is 0 Å². The van der Waals surface area contributed by atoms with Crippen molar-refractivity contribution >= 4 is 11.8 Å². The van der Waals surface area contributed by atoms with Crippen LogP contribution >= 0.6 is 0 Å². The van der Waals surface area contributed by atoms with Gasteiger partial charge in [-0.15, -0.1) is 0 Å². The van der Waals surface area contributed by atoms with Crippen molar-refractivity contribution in [1.82, 2.24) is 5.32 Å². The summed E-state index contributed by atoms with van der Waals surface area (Å²) in [5.74, 6) is -0.444. The minimum atomic E-state index is -0.262. The predicted molar refractivity (Wildman–Crippen MR) is 36.1 cm³/mol. The zero-order valence-corrected chi connectivity index (χ0v) is 5.81.